The highest BCUT2D eigenvalue weighted by molar-refractivity contribution is 6.15. The van der Waals surface area contributed by atoms with Crippen molar-refractivity contribution >= 4 is 23.4 Å². The maximum absolute atomic E-state index is 13.4. The predicted molar refractivity (Wildman–Crippen MR) is 114 cm³/mol. The summed E-state index contributed by atoms with van der Waals surface area (Å²) >= 11 is 0. The standard InChI is InChI=1S/C23H21FN2O7/c1-3-32-21(28)23(22(29)33-4-2)13-18(20(27)15-5-9-16(24)10-6-15)19(25-23)14-7-11-17(12-8-14)26(30)31/h5-13,19,25H,3-4H2,1-2H3/t19-/m1/s1. The SMILES string of the molecule is CCOC(=O)C1(C(=O)OCC)C=C(C(=O)c2ccc(F)cc2)[C@@H](c2ccc([N+](=O)[O-])cc2)N1. The number of hydrogen-bond donors (Lipinski definition) is 1. The topological polar surface area (TPSA) is 125 Å². The van der Waals surface area contributed by atoms with E-state index in [0.29, 0.717) is 5.56 Å². The van der Waals surface area contributed by atoms with Gasteiger partial charge in [-0.25, -0.2) is 14.0 Å². The van der Waals surface area contributed by atoms with Crippen LogP contribution >= 0.6 is 0 Å². The third kappa shape index (κ3) is 4.65. The maximum atomic E-state index is 13.4. The molecule has 33 heavy (non-hydrogen) atoms. The first-order valence-electron chi connectivity index (χ1n) is 10.1. The number of esters is 2. The number of halogens is 1. The number of non-ortho nitro benzene ring substituents is 1. The first kappa shape index (κ1) is 23.7. The second-order valence-corrected chi connectivity index (χ2v) is 7.11. The van der Waals surface area contributed by atoms with E-state index in [9.17, 15) is 28.9 Å². The predicted octanol–water partition coefficient (Wildman–Crippen LogP) is 3.05. The van der Waals surface area contributed by atoms with Crippen molar-refractivity contribution in [3.63, 3.8) is 0 Å². The zero-order chi connectivity index (χ0) is 24.2. The van der Waals surface area contributed by atoms with Gasteiger partial charge < -0.3 is 9.47 Å². The first-order valence-corrected chi connectivity index (χ1v) is 10.1. The zero-order valence-electron chi connectivity index (χ0n) is 17.9. The van der Waals surface area contributed by atoms with Gasteiger partial charge in [-0.05, 0) is 49.8 Å². The Morgan fingerprint density at radius 3 is 2.03 bits per heavy atom. The van der Waals surface area contributed by atoms with Gasteiger partial charge in [0.25, 0.3) is 5.69 Å². The smallest absolute Gasteiger partial charge is 0.342 e. The minimum Gasteiger partial charge on any atom is -0.464 e. The van der Waals surface area contributed by atoms with Crippen molar-refractivity contribution in [2.24, 2.45) is 0 Å². The zero-order valence-corrected chi connectivity index (χ0v) is 17.9. The van der Waals surface area contributed by atoms with Gasteiger partial charge >= 0.3 is 11.9 Å². The highest BCUT2D eigenvalue weighted by Crippen LogP contribution is 2.37. The summed E-state index contributed by atoms with van der Waals surface area (Å²) in [7, 11) is 0. The van der Waals surface area contributed by atoms with Crippen molar-refractivity contribution in [3.8, 4) is 0 Å². The molecule has 0 bridgehead atoms. The molecule has 0 aliphatic carbocycles. The number of ether oxygens (including phenoxy) is 2. The lowest BCUT2D eigenvalue weighted by Gasteiger charge is -2.26. The van der Waals surface area contributed by atoms with Crippen LogP contribution < -0.4 is 5.32 Å². The van der Waals surface area contributed by atoms with E-state index < -0.39 is 40.0 Å². The van der Waals surface area contributed by atoms with Gasteiger partial charge in [0.05, 0.1) is 24.2 Å². The second-order valence-electron chi connectivity index (χ2n) is 7.11. The fourth-order valence-corrected chi connectivity index (χ4v) is 3.49. The van der Waals surface area contributed by atoms with Crippen LogP contribution in [0.5, 0.6) is 0 Å². The fourth-order valence-electron chi connectivity index (χ4n) is 3.49. The Morgan fingerprint density at radius 1 is 1.00 bits per heavy atom. The molecule has 10 heteroatoms. The van der Waals surface area contributed by atoms with Gasteiger partial charge in [-0.1, -0.05) is 12.1 Å². The molecule has 0 aromatic heterocycles. The molecule has 0 amide bonds. The van der Waals surface area contributed by atoms with Gasteiger partial charge in [-0.3, -0.25) is 20.2 Å². The number of carbonyl (C=O) groups is 3. The number of nitro groups is 1. The minimum atomic E-state index is -2.11. The molecular weight excluding hydrogens is 435 g/mol. The molecule has 1 heterocycles. The number of benzene rings is 2. The molecule has 1 N–H and O–H groups in total. The summed E-state index contributed by atoms with van der Waals surface area (Å²) < 4.78 is 23.5. The number of nitrogens with one attached hydrogen (secondary N) is 1. The van der Waals surface area contributed by atoms with Crippen molar-refractivity contribution < 1.29 is 33.2 Å². The van der Waals surface area contributed by atoms with Gasteiger partial charge in [0.2, 0.25) is 5.54 Å². The van der Waals surface area contributed by atoms with Crippen molar-refractivity contribution in [3.05, 3.63) is 87.2 Å². The molecule has 1 atom stereocenters. The van der Waals surface area contributed by atoms with Crippen molar-refractivity contribution in [1.29, 1.82) is 0 Å². The summed E-state index contributed by atoms with van der Waals surface area (Å²) in [6, 6.07) is 9.08. The Bertz CT molecular complexity index is 1090. The summed E-state index contributed by atoms with van der Waals surface area (Å²) in [5.41, 5.74) is -1.76. The van der Waals surface area contributed by atoms with Crippen LogP contribution in [-0.2, 0) is 19.1 Å². The van der Waals surface area contributed by atoms with E-state index in [1.807, 2.05) is 0 Å². The van der Waals surface area contributed by atoms with E-state index in [2.05, 4.69) is 5.32 Å². The van der Waals surface area contributed by atoms with Gasteiger partial charge in [0, 0.05) is 23.3 Å². The summed E-state index contributed by atoms with van der Waals surface area (Å²) in [6.07, 6.45) is 1.15. The molecule has 0 radical (unpaired) electrons. The summed E-state index contributed by atoms with van der Waals surface area (Å²) in [5.74, 6) is -3.03. The molecule has 1 aliphatic heterocycles. The molecular formula is C23H21FN2O7. The highest BCUT2D eigenvalue weighted by Gasteiger charge is 2.54. The Labute approximate surface area is 188 Å². The summed E-state index contributed by atoms with van der Waals surface area (Å²) in [5, 5.41) is 13.9. The van der Waals surface area contributed by atoms with Gasteiger partial charge in [0.15, 0.2) is 5.78 Å². The summed E-state index contributed by atoms with van der Waals surface area (Å²) in [4.78, 5) is 49.5. The second kappa shape index (κ2) is 9.70. The number of ketones is 1. The van der Waals surface area contributed by atoms with Crippen LogP contribution in [0.2, 0.25) is 0 Å². The first-order chi connectivity index (χ1) is 15.7. The molecule has 2 aromatic rings. The van der Waals surface area contributed by atoms with Crippen LogP contribution in [0.15, 0.2) is 60.2 Å². The third-order valence-electron chi connectivity index (χ3n) is 5.06. The molecule has 2 aromatic carbocycles. The highest BCUT2D eigenvalue weighted by atomic mass is 19.1. The van der Waals surface area contributed by atoms with E-state index in [4.69, 9.17) is 9.47 Å². The van der Waals surface area contributed by atoms with Gasteiger partial charge in [-0.2, -0.15) is 0 Å². The third-order valence-corrected chi connectivity index (χ3v) is 5.06. The number of rotatable bonds is 8. The van der Waals surface area contributed by atoms with Crippen LogP contribution in [0.4, 0.5) is 10.1 Å². The number of nitrogens with zero attached hydrogens (tertiary/aromatic N) is 1. The Kier molecular flexibility index (Phi) is 6.98. The maximum Gasteiger partial charge on any atom is 0.342 e. The largest absolute Gasteiger partial charge is 0.464 e. The average Bonchev–Trinajstić information content (AvgIpc) is 3.22. The molecule has 0 saturated heterocycles. The molecule has 172 valence electrons. The fraction of sp³-hybridized carbons (Fsp3) is 0.261. The van der Waals surface area contributed by atoms with Crippen molar-refractivity contribution in [2.75, 3.05) is 13.2 Å². The van der Waals surface area contributed by atoms with Crippen LogP contribution in [0.3, 0.4) is 0 Å². The normalized spacial score (nSPS) is 16.6. The lowest BCUT2D eigenvalue weighted by molar-refractivity contribution is -0.384. The number of nitro benzene ring substituents is 1. The van der Waals surface area contributed by atoms with E-state index in [1.165, 1.54) is 36.4 Å². The van der Waals surface area contributed by atoms with E-state index in [-0.39, 0.29) is 30.0 Å². The lowest BCUT2D eigenvalue weighted by Crippen LogP contribution is -2.56. The average molecular weight is 456 g/mol. The summed E-state index contributed by atoms with van der Waals surface area (Å²) in [6.45, 7) is 3.07. The Hall–Kier alpha value is -3.92. The molecule has 3 rings (SSSR count). The van der Waals surface area contributed by atoms with Crippen LogP contribution in [0, 0.1) is 15.9 Å². The quantitative estimate of drug-likeness (QED) is 0.211. The molecule has 0 unspecified atom stereocenters. The molecule has 0 saturated carbocycles. The monoisotopic (exact) mass is 456 g/mol. The molecule has 0 fully saturated rings. The van der Waals surface area contributed by atoms with Crippen LogP contribution in [0.25, 0.3) is 0 Å². The van der Waals surface area contributed by atoms with Crippen molar-refractivity contribution in [1.82, 2.24) is 5.32 Å². The van der Waals surface area contributed by atoms with Crippen molar-refractivity contribution in [2.45, 2.75) is 25.4 Å². The lowest BCUT2D eigenvalue weighted by atomic mass is 9.93. The Balaban J connectivity index is 2.14. The van der Waals surface area contributed by atoms with E-state index in [0.717, 1.165) is 18.2 Å². The van der Waals surface area contributed by atoms with E-state index >= 15 is 0 Å². The van der Waals surface area contributed by atoms with Crippen LogP contribution in [0.1, 0.15) is 35.8 Å². The van der Waals surface area contributed by atoms with Gasteiger partial charge in [0.1, 0.15) is 5.82 Å². The van der Waals surface area contributed by atoms with E-state index in [1.54, 1.807) is 13.8 Å². The molecule has 0 spiro atoms. The molecule has 9 nitrogen and oxygen atoms in total. The molecule has 1 aliphatic rings. The van der Waals surface area contributed by atoms with Crippen LogP contribution in [-0.4, -0.2) is 41.4 Å². The van der Waals surface area contributed by atoms with Gasteiger partial charge in [-0.15, -0.1) is 0 Å². The number of hydrogen-bond acceptors (Lipinski definition) is 8. The number of Topliss-reactive ketones (excluding diaryl/α,β-unsaturated/α-hetero) is 1. The Morgan fingerprint density at radius 2 is 1.55 bits per heavy atom. The minimum absolute atomic E-state index is 0.0107. The number of carbonyl (C=O) groups excluding carboxylic acids is 3.